The highest BCUT2D eigenvalue weighted by Crippen LogP contribution is 2.13. The average Bonchev–Trinajstić information content (AvgIpc) is 2.89. The number of rotatable bonds is 3. The number of hydrogen-bond acceptors (Lipinski definition) is 3. The minimum atomic E-state index is -5.08. The minimum absolute atomic E-state index is 0. The Labute approximate surface area is 118 Å². The zero-order valence-corrected chi connectivity index (χ0v) is 12.3. The molecule has 3 N–H and O–H groups in total. The summed E-state index contributed by atoms with van der Waals surface area (Å²) in [5, 5.41) is 7.12. The molecule has 0 radical (unpaired) electrons. The molecule has 1 fully saturated rings. The molecule has 0 aromatic rings. The molecule has 1 aliphatic rings. The number of carbonyl (C=O) groups is 1. The van der Waals surface area contributed by atoms with Gasteiger partial charge in [-0.3, -0.25) is 0 Å². The van der Waals surface area contributed by atoms with Crippen molar-refractivity contribution in [2.75, 3.05) is 32.8 Å². The third kappa shape index (κ3) is 17.1. The zero-order chi connectivity index (χ0) is 15.3. The van der Waals surface area contributed by atoms with Crippen molar-refractivity contribution in [2.24, 2.45) is 0 Å². The van der Waals surface area contributed by atoms with Gasteiger partial charge in [-0.15, -0.1) is 0 Å². The molecule has 8 heteroatoms. The highest BCUT2D eigenvalue weighted by molar-refractivity contribution is 5.73. The van der Waals surface area contributed by atoms with E-state index in [2.05, 4.69) is 25.7 Å². The largest absolute Gasteiger partial charge is 0.490 e. The van der Waals surface area contributed by atoms with E-state index in [1.807, 2.05) is 0 Å². The second-order valence-corrected chi connectivity index (χ2v) is 3.74. The van der Waals surface area contributed by atoms with Gasteiger partial charge in [0.15, 0.2) is 0 Å². The second kappa shape index (κ2) is 14.5. The number of ether oxygens (including phenoxy) is 1. The van der Waals surface area contributed by atoms with Crippen molar-refractivity contribution < 1.29 is 33.3 Å². The summed E-state index contributed by atoms with van der Waals surface area (Å²) in [6, 6.07) is 0. The summed E-state index contributed by atoms with van der Waals surface area (Å²) in [7, 11) is 0. The van der Waals surface area contributed by atoms with Crippen LogP contribution in [0, 0.1) is 0 Å². The number of carboxylic acids is 1. The summed E-state index contributed by atoms with van der Waals surface area (Å²) in [5.41, 5.74) is 0. The number of alkyl halides is 3. The van der Waals surface area contributed by atoms with Crippen LogP contribution in [-0.4, -0.2) is 60.5 Å². The van der Waals surface area contributed by atoms with Crippen molar-refractivity contribution in [3.8, 4) is 0 Å². The lowest BCUT2D eigenvalue weighted by atomic mass is 10.4. The average molecular weight is 305 g/mol. The molecule has 1 saturated heterocycles. The molecule has 0 saturated carbocycles. The summed E-state index contributed by atoms with van der Waals surface area (Å²) in [5.74, 6) is -2.76. The third-order valence-corrected chi connectivity index (χ3v) is 2.41. The predicted octanol–water partition coefficient (Wildman–Crippen LogP) is 1.95. The summed E-state index contributed by atoms with van der Waals surface area (Å²) in [6.07, 6.45) is -2.53. The van der Waals surface area contributed by atoms with Crippen molar-refractivity contribution in [3.05, 3.63) is 0 Å². The summed E-state index contributed by atoms with van der Waals surface area (Å²) >= 11 is 0. The fraction of sp³-hybridized carbons (Fsp3) is 0.917. The molecular weight excluding hydrogens is 279 g/mol. The molecule has 1 rings (SSSR count). The van der Waals surface area contributed by atoms with E-state index in [9.17, 15) is 13.2 Å². The maximum atomic E-state index is 10.6. The van der Waals surface area contributed by atoms with Crippen LogP contribution in [0.4, 0.5) is 13.2 Å². The quantitative estimate of drug-likeness (QED) is 0.864. The van der Waals surface area contributed by atoms with Crippen LogP contribution in [0.25, 0.3) is 0 Å². The van der Waals surface area contributed by atoms with Crippen LogP contribution < -0.4 is 0 Å². The Morgan fingerprint density at radius 3 is 1.45 bits per heavy atom. The molecule has 5 nitrogen and oxygen atoms in total. The van der Waals surface area contributed by atoms with Gasteiger partial charge in [-0.1, -0.05) is 20.8 Å². The first-order chi connectivity index (χ1) is 8.79. The van der Waals surface area contributed by atoms with Gasteiger partial charge in [-0.2, -0.15) is 13.2 Å². The van der Waals surface area contributed by atoms with Crippen molar-refractivity contribution in [3.63, 3.8) is 0 Å². The van der Waals surface area contributed by atoms with E-state index in [4.69, 9.17) is 14.6 Å². The van der Waals surface area contributed by atoms with E-state index in [0.717, 1.165) is 13.2 Å². The lowest BCUT2D eigenvalue weighted by Gasteiger charge is -2.13. The van der Waals surface area contributed by atoms with Crippen molar-refractivity contribution in [1.29, 1.82) is 0 Å². The molecule has 0 unspecified atom stereocenters. The van der Waals surface area contributed by atoms with Crippen LogP contribution in [0.5, 0.6) is 0 Å². The Morgan fingerprint density at radius 2 is 1.40 bits per heavy atom. The maximum absolute atomic E-state index is 10.6. The van der Waals surface area contributed by atoms with Crippen LogP contribution >= 0.6 is 0 Å². The Morgan fingerprint density at radius 1 is 1.10 bits per heavy atom. The fourth-order valence-corrected chi connectivity index (χ4v) is 1.18. The summed E-state index contributed by atoms with van der Waals surface area (Å²) in [6.45, 7) is 12.1. The van der Waals surface area contributed by atoms with E-state index in [0.29, 0.717) is 0 Å². The topological polar surface area (TPSA) is 81.3 Å². The van der Waals surface area contributed by atoms with E-state index in [-0.39, 0.29) is 5.48 Å². The number of halogens is 3. The van der Waals surface area contributed by atoms with Gasteiger partial charge in [0.05, 0.1) is 0 Å². The molecule has 0 aromatic heterocycles. The van der Waals surface area contributed by atoms with Gasteiger partial charge in [0, 0.05) is 13.2 Å². The number of aliphatic carboxylic acids is 1. The highest BCUT2D eigenvalue weighted by atomic mass is 19.4. The lowest BCUT2D eigenvalue weighted by molar-refractivity contribution is -0.192. The van der Waals surface area contributed by atoms with E-state index < -0.39 is 12.1 Å². The molecule has 0 atom stereocenters. The fourth-order valence-electron chi connectivity index (χ4n) is 1.18. The van der Waals surface area contributed by atoms with Gasteiger partial charge >= 0.3 is 12.1 Å². The Bertz CT molecular complexity index is 204. The highest BCUT2D eigenvalue weighted by Gasteiger charge is 2.38. The van der Waals surface area contributed by atoms with Gasteiger partial charge in [0.2, 0.25) is 0 Å². The maximum Gasteiger partial charge on any atom is 0.490 e. The molecule has 1 heterocycles. The molecule has 0 amide bonds. The first-order valence-corrected chi connectivity index (χ1v) is 6.39. The standard InChI is InChI=1S/C6H15N.C4H8O.C2HF3O2.H2O/c1-4-7(5-2)6-3;1-2-4-5-3-1;3-2(4,5)1(6)7;/h4-6H2,1-3H3;1-4H2;(H,6,7);1H2. The normalized spacial score (nSPS) is 13.6. The van der Waals surface area contributed by atoms with Crippen LogP contribution in [0.1, 0.15) is 33.6 Å². The minimum Gasteiger partial charge on any atom is -0.475 e. The van der Waals surface area contributed by atoms with E-state index in [1.165, 1.54) is 32.5 Å². The van der Waals surface area contributed by atoms with Crippen LogP contribution in [-0.2, 0) is 9.53 Å². The third-order valence-electron chi connectivity index (χ3n) is 2.41. The number of carboxylic acid groups (broad SMARTS) is 1. The molecule has 0 aromatic carbocycles. The Kier molecular flexibility index (Phi) is 17.6. The molecular formula is C12H26F3NO4. The second-order valence-electron chi connectivity index (χ2n) is 3.74. The van der Waals surface area contributed by atoms with Gasteiger partial charge in [-0.05, 0) is 32.5 Å². The van der Waals surface area contributed by atoms with Gasteiger partial charge in [0.1, 0.15) is 0 Å². The number of nitrogens with zero attached hydrogens (tertiary/aromatic N) is 1. The van der Waals surface area contributed by atoms with Gasteiger partial charge in [0.25, 0.3) is 0 Å². The lowest BCUT2D eigenvalue weighted by Crippen LogP contribution is -2.21. The van der Waals surface area contributed by atoms with Crippen molar-refractivity contribution >= 4 is 5.97 Å². The summed E-state index contributed by atoms with van der Waals surface area (Å²) in [4.78, 5) is 11.3. The van der Waals surface area contributed by atoms with Gasteiger partial charge < -0.3 is 20.2 Å². The molecule has 1 aliphatic heterocycles. The van der Waals surface area contributed by atoms with Crippen LogP contribution in [0.2, 0.25) is 0 Å². The van der Waals surface area contributed by atoms with Gasteiger partial charge in [-0.25, -0.2) is 4.79 Å². The molecule has 0 spiro atoms. The number of hydrogen-bond donors (Lipinski definition) is 1. The molecule has 0 bridgehead atoms. The van der Waals surface area contributed by atoms with E-state index >= 15 is 0 Å². The van der Waals surface area contributed by atoms with Crippen molar-refractivity contribution in [1.82, 2.24) is 4.90 Å². The molecule has 20 heavy (non-hydrogen) atoms. The van der Waals surface area contributed by atoms with Crippen LogP contribution in [0.3, 0.4) is 0 Å². The van der Waals surface area contributed by atoms with Crippen molar-refractivity contribution in [2.45, 2.75) is 39.8 Å². The smallest absolute Gasteiger partial charge is 0.475 e. The Hall–Kier alpha value is -0.860. The Balaban J connectivity index is -0.000000214. The predicted molar refractivity (Wildman–Crippen MR) is 70.8 cm³/mol. The van der Waals surface area contributed by atoms with Crippen LogP contribution in [0.15, 0.2) is 0 Å². The molecule has 124 valence electrons. The van der Waals surface area contributed by atoms with E-state index in [1.54, 1.807) is 0 Å². The monoisotopic (exact) mass is 305 g/mol. The zero-order valence-electron chi connectivity index (χ0n) is 12.3. The summed E-state index contributed by atoms with van der Waals surface area (Å²) < 4.78 is 36.7. The first-order valence-electron chi connectivity index (χ1n) is 6.39. The molecule has 0 aliphatic carbocycles. The SMILES string of the molecule is C1CCOC1.CCN(CC)CC.O.O=C(O)C(F)(F)F. The first kappa shape index (κ1) is 24.2.